The molecule has 0 aliphatic rings. The van der Waals surface area contributed by atoms with Gasteiger partial charge in [0.15, 0.2) is 0 Å². The van der Waals surface area contributed by atoms with E-state index in [0.717, 1.165) is 18.4 Å². The second kappa shape index (κ2) is 9.40. The number of hydrogen-bond acceptors (Lipinski definition) is 5. The number of aromatic nitrogens is 2. The molecule has 5 nitrogen and oxygen atoms in total. The van der Waals surface area contributed by atoms with Crippen LogP contribution >= 0.6 is 23.4 Å². The lowest BCUT2D eigenvalue weighted by Crippen LogP contribution is -2.26. The Hall–Kier alpha value is -2.31. The van der Waals surface area contributed by atoms with Crippen LogP contribution in [0.4, 0.5) is 0 Å². The molecule has 0 radical (unpaired) electrons. The number of thioether (sulfide) groups is 1. The van der Waals surface area contributed by atoms with Crippen molar-refractivity contribution in [2.24, 2.45) is 0 Å². The van der Waals surface area contributed by atoms with E-state index in [1.165, 1.54) is 17.3 Å². The topological polar surface area (TPSA) is 68.0 Å². The van der Waals surface area contributed by atoms with Crippen molar-refractivity contribution in [3.63, 3.8) is 0 Å². The first-order chi connectivity index (χ1) is 12.7. The van der Waals surface area contributed by atoms with Crippen LogP contribution in [0.25, 0.3) is 11.5 Å². The molecule has 0 spiro atoms. The molecule has 1 N–H and O–H groups in total. The Labute approximate surface area is 161 Å². The lowest BCUT2D eigenvalue weighted by Gasteiger charge is -2.04. The molecule has 0 saturated heterocycles. The first-order valence-electron chi connectivity index (χ1n) is 8.23. The summed E-state index contributed by atoms with van der Waals surface area (Å²) in [4.78, 5) is 11.9. The molecule has 134 valence electrons. The van der Waals surface area contributed by atoms with E-state index in [1.54, 1.807) is 12.1 Å². The molecule has 0 fully saturated rings. The van der Waals surface area contributed by atoms with Gasteiger partial charge in [0.1, 0.15) is 0 Å². The van der Waals surface area contributed by atoms with Gasteiger partial charge in [0, 0.05) is 17.1 Å². The number of nitrogens with zero attached hydrogens (tertiary/aromatic N) is 2. The molecular formula is C19H18ClN3O2S. The zero-order valence-corrected chi connectivity index (χ0v) is 15.6. The Bertz CT molecular complexity index is 838. The molecule has 0 aliphatic carbocycles. The highest BCUT2D eigenvalue weighted by atomic mass is 35.5. The third-order valence-electron chi connectivity index (χ3n) is 3.63. The fourth-order valence-corrected chi connectivity index (χ4v) is 3.04. The van der Waals surface area contributed by atoms with Gasteiger partial charge in [0.25, 0.3) is 5.22 Å². The van der Waals surface area contributed by atoms with Crippen molar-refractivity contribution >= 4 is 29.3 Å². The predicted molar refractivity (Wildman–Crippen MR) is 103 cm³/mol. The number of rotatable bonds is 8. The summed E-state index contributed by atoms with van der Waals surface area (Å²) in [7, 11) is 0. The molecule has 3 aromatic rings. The van der Waals surface area contributed by atoms with Gasteiger partial charge in [-0.25, -0.2) is 0 Å². The average Bonchev–Trinajstić information content (AvgIpc) is 3.14. The summed E-state index contributed by atoms with van der Waals surface area (Å²) < 4.78 is 5.56. The molecule has 0 atom stereocenters. The predicted octanol–water partition coefficient (Wildman–Crippen LogP) is 4.23. The molecule has 0 aliphatic heterocycles. The quantitative estimate of drug-likeness (QED) is 0.462. The molecule has 0 unspecified atom stereocenters. The number of hydrogen-bond donors (Lipinski definition) is 1. The van der Waals surface area contributed by atoms with Gasteiger partial charge in [0.2, 0.25) is 11.8 Å². The minimum Gasteiger partial charge on any atom is -0.411 e. The molecule has 3 rings (SSSR count). The summed E-state index contributed by atoms with van der Waals surface area (Å²) >= 11 is 7.08. The van der Waals surface area contributed by atoms with Crippen LogP contribution in [0, 0.1) is 0 Å². The van der Waals surface area contributed by atoms with Gasteiger partial charge in [-0.2, -0.15) is 0 Å². The van der Waals surface area contributed by atoms with Crippen LogP contribution in [0.1, 0.15) is 12.0 Å². The number of carbonyl (C=O) groups is 1. The van der Waals surface area contributed by atoms with Gasteiger partial charge in [-0.3, -0.25) is 4.79 Å². The average molecular weight is 388 g/mol. The summed E-state index contributed by atoms with van der Waals surface area (Å²) in [6.07, 6.45) is 1.85. The Morgan fingerprint density at radius 1 is 1.08 bits per heavy atom. The fraction of sp³-hybridized carbons (Fsp3) is 0.211. The first kappa shape index (κ1) is 18.5. The Kier molecular flexibility index (Phi) is 6.68. The number of amides is 1. The number of carbonyl (C=O) groups excluding carboxylic acids is 1. The Morgan fingerprint density at radius 3 is 2.62 bits per heavy atom. The highest BCUT2D eigenvalue weighted by Gasteiger charge is 2.11. The van der Waals surface area contributed by atoms with Crippen molar-refractivity contribution in [2.75, 3.05) is 12.3 Å². The monoisotopic (exact) mass is 387 g/mol. The van der Waals surface area contributed by atoms with Crippen LogP contribution in [-0.4, -0.2) is 28.4 Å². The lowest BCUT2D eigenvalue weighted by molar-refractivity contribution is -0.118. The molecule has 2 aromatic carbocycles. The Morgan fingerprint density at radius 2 is 1.85 bits per heavy atom. The van der Waals surface area contributed by atoms with Gasteiger partial charge in [-0.1, -0.05) is 53.7 Å². The van der Waals surface area contributed by atoms with E-state index < -0.39 is 0 Å². The van der Waals surface area contributed by atoms with E-state index in [1.807, 2.05) is 30.3 Å². The van der Waals surface area contributed by atoms with Crippen LogP contribution in [0.3, 0.4) is 0 Å². The second-order valence-electron chi connectivity index (χ2n) is 5.61. The smallest absolute Gasteiger partial charge is 0.277 e. The molecule has 1 aromatic heterocycles. The number of benzene rings is 2. The Balaban J connectivity index is 1.38. The summed E-state index contributed by atoms with van der Waals surface area (Å²) in [6.45, 7) is 0.647. The van der Waals surface area contributed by atoms with Crippen LogP contribution in [0.5, 0.6) is 0 Å². The summed E-state index contributed by atoms with van der Waals surface area (Å²) in [5.74, 6) is 0.606. The van der Waals surface area contributed by atoms with E-state index in [9.17, 15) is 4.79 Å². The molecule has 1 heterocycles. The summed E-state index contributed by atoms with van der Waals surface area (Å²) in [6, 6.07) is 17.4. The standard InChI is InChI=1S/C19H18ClN3O2S/c20-16-10-8-15(9-11-16)18-22-23-19(25-18)26-13-17(24)21-12-4-7-14-5-2-1-3-6-14/h1-3,5-6,8-11H,4,7,12-13H2,(H,21,24). The third-order valence-corrected chi connectivity index (χ3v) is 4.70. The van der Waals surface area contributed by atoms with Crippen molar-refractivity contribution in [1.29, 1.82) is 0 Å². The zero-order valence-electron chi connectivity index (χ0n) is 14.0. The molecular weight excluding hydrogens is 370 g/mol. The van der Waals surface area contributed by atoms with Gasteiger partial charge < -0.3 is 9.73 Å². The summed E-state index contributed by atoms with van der Waals surface area (Å²) in [5.41, 5.74) is 2.07. The highest BCUT2D eigenvalue weighted by molar-refractivity contribution is 7.99. The van der Waals surface area contributed by atoms with Crippen LogP contribution in [0.15, 0.2) is 64.2 Å². The van der Waals surface area contributed by atoms with Gasteiger partial charge in [0.05, 0.1) is 5.75 Å². The van der Waals surface area contributed by atoms with Crippen LogP contribution in [0.2, 0.25) is 5.02 Å². The van der Waals surface area contributed by atoms with Gasteiger partial charge >= 0.3 is 0 Å². The van der Waals surface area contributed by atoms with Crippen molar-refractivity contribution in [1.82, 2.24) is 15.5 Å². The maximum absolute atomic E-state index is 11.9. The SMILES string of the molecule is O=C(CSc1nnc(-c2ccc(Cl)cc2)o1)NCCCc1ccccc1. The number of nitrogens with one attached hydrogen (secondary N) is 1. The second-order valence-corrected chi connectivity index (χ2v) is 6.97. The van der Waals surface area contributed by atoms with Crippen molar-refractivity contribution in [3.8, 4) is 11.5 Å². The summed E-state index contributed by atoms with van der Waals surface area (Å²) in [5, 5.41) is 11.9. The van der Waals surface area contributed by atoms with E-state index in [2.05, 4.69) is 27.6 Å². The molecule has 0 saturated carbocycles. The molecule has 0 bridgehead atoms. The third kappa shape index (κ3) is 5.61. The molecule has 26 heavy (non-hydrogen) atoms. The maximum Gasteiger partial charge on any atom is 0.277 e. The molecule has 7 heteroatoms. The van der Waals surface area contributed by atoms with Gasteiger partial charge in [-0.05, 0) is 42.7 Å². The lowest BCUT2D eigenvalue weighted by atomic mass is 10.1. The largest absolute Gasteiger partial charge is 0.411 e. The van der Waals surface area contributed by atoms with Crippen molar-refractivity contribution in [2.45, 2.75) is 18.1 Å². The number of halogens is 1. The van der Waals surface area contributed by atoms with E-state index in [4.69, 9.17) is 16.0 Å². The normalized spacial score (nSPS) is 10.7. The minimum absolute atomic E-state index is 0.0469. The van der Waals surface area contributed by atoms with Crippen LogP contribution in [-0.2, 0) is 11.2 Å². The van der Waals surface area contributed by atoms with E-state index >= 15 is 0 Å². The van der Waals surface area contributed by atoms with Crippen molar-refractivity contribution in [3.05, 3.63) is 65.2 Å². The van der Waals surface area contributed by atoms with Crippen LogP contribution < -0.4 is 5.32 Å². The van der Waals surface area contributed by atoms with Crippen molar-refractivity contribution < 1.29 is 9.21 Å². The highest BCUT2D eigenvalue weighted by Crippen LogP contribution is 2.24. The van der Waals surface area contributed by atoms with E-state index in [0.29, 0.717) is 22.7 Å². The first-order valence-corrected chi connectivity index (χ1v) is 9.60. The minimum atomic E-state index is -0.0469. The number of aryl methyl sites for hydroxylation is 1. The maximum atomic E-state index is 11.9. The fourth-order valence-electron chi connectivity index (χ4n) is 2.32. The van der Waals surface area contributed by atoms with Gasteiger partial charge in [-0.15, -0.1) is 10.2 Å². The zero-order chi connectivity index (χ0) is 18.2. The molecule has 1 amide bonds. The van der Waals surface area contributed by atoms with E-state index in [-0.39, 0.29) is 11.7 Å².